The number of nitrogens with zero attached hydrogens (tertiary/aromatic N) is 4. The third-order valence-corrected chi connectivity index (χ3v) is 6.61. The summed E-state index contributed by atoms with van der Waals surface area (Å²) in [6, 6.07) is 8.27. The maximum Gasteiger partial charge on any atom is 0.282 e. The SMILES string of the molecule is Cc1ccc(-c2ccc(/C=N\n3cnc4sc5c(c4c3=O)CCCC5)o2)c([N+](=O)[O-])c1. The second-order valence-corrected chi connectivity index (χ2v) is 8.59. The first-order valence-electron chi connectivity index (χ1n) is 9.93. The van der Waals surface area contributed by atoms with E-state index in [2.05, 4.69) is 10.1 Å². The summed E-state index contributed by atoms with van der Waals surface area (Å²) >= 11 is 1.59. The zero-order valence-electron chi connectivity index (χ0n) is 16.7. The Kier molecular flexibility index (Phi) is 4.74. The van der Waals surface area contributed by atoms with Crippen LogP contribution in [0.25, 0.3) is 21.5 Å². The molecule has 8 nitrogen and oxygen atoms in total. The number of aromatic nitrogens is 2. The second kappa shape index (κ2) is 7.59. The Bertz CT molecular complexity index is 1410. The van der Waals surface area contributed by atoms with E-state index >= 15 is 0 Å². The molecule has 1 aromatic carbocycles. The molecule has 5 rings (SSSR count). The van der Waals surface area contributed by atoms with Crippen molar-refractivity contribution in [2.75, 3.05) is 0 Å². The highest BCUT2D eigenvalue weighted by atomic mass is 32.1. The smallest absolute Gasteiger partial charge is 0.282 e. The number of fused-ring (bicyclic) bond motifs is 3. The maximum absolute atomic E-state index is 13.0. The minimum atomic E-state index is -0.430. The van der Waals surface area contributed by atoms with Crippen LogP contribution in [0, 0.1) is 17.0 Å². The van der Waals surface area contributed by atoms with Crippen molar-refractivity contribution in [3.8, 4) is 11.3 Å². The normalized spacial score (nSPS) is 13.7. The minimum Gasteiger partial charge on any atom is -0.455 e. The Morgan fingerprint density at radius 1 is 1.26 bits per heavy atom. The van der Waals surface area contributed by atoms with Gasteiger partial charge in [0.2, 0.25) is 0 Å². The summed E-state index contributed by atoms with van der Waals surface area (Å²) in [5.74, 6) is 0.741. The van der Waals surface area contributed by atoms with Crippen LogP contribution < -0.4 is 5.56 Å². The topological polar surface area (TPSA) is 104 Å². The molecule has 0 aliphatic heterocycles. The summed E-state index contributed by atoms with van der Waals surface area (Å²) in [7, 11) is 0. The molecule has 0 unspecified atom stereocenters. The minimum absolute atomic E-state index is 0.0223. The predicted molar refractivity (Wildman–Crippen MR) is 119 cm³/mol. The van der Waals surface area contributed by atoms with Crippen molar-refractivity contribution < 1.29 is 9.34 Å². The van der Waals surface area contributed by atoms with Gasteiger partial charge in [0.1, 0.15) is 22.7 Å². The van der Waals surface area contributed by atoms with Gasteiger partial charge in [-0.25, -0.2) is 4.98 Å². The summed E-state index contributed by atoms with van der Waals surface area (Å²) in [6.07, 6.45) is 6.95. The van der Waals surface area contributed by atoms with Crippen LogP contribution in [0.15, 0.2) is 51.0 Å². The van der Waals surface area contributed by atoms with Gasteiger partial charge in [-0.1, -0.05) is 6.07 Å². The van der Waals surface area contributed by atoms with Gasteiger partial charge in [-0.2, -0.15) is 9.78 Å². The molecule has 156 valence electrons. The Morgan fingerprint density at radius 2 is 2.10 bits per heavy atom. The zero-order chi connectivity index (χ0) is 21.5. The average Bonchev–Trinajstić information content (AvgIpc) is 3.38. The number of thiophene rings is 1. The standard InChI is InChI=1S/C22H18N4O4S/c1-13-6-8-15(17(10-13)26(28)29)18-9-7-14(30-18)11-24-25-12-23-21-20(22(25)27)16-4-2-3-5-19(16)31-21/h6-12H,2-5H2,1H3/b24-11-. The van der Waals surface area contributed by atoms with Crippen molar-refractivity contribution in [1.29, 1.82) is 0 Å². The molecular formula is C22H18N4O4S. The third kappa shape index (κ3) is 3.46. The number of furan rings is 1. The van der Waals surface area contributed by atoms with Gasteiger partial charge < -0.3 is 4.42 Å². The van der Waals surface area contributed by atoms with Crippen molar-refractivity contribution in [3.05, 3.63) is 78.9 Å². The number of nitro benzene ring substituents is 1. The molecule has 0 spiro atoms. The Balaban J connectivity index is 1.48. The molecule has 0 radical (unpaired) electrons. The fraction of sp³-hybridized carbons (Fsp3) is 0.227. The lowest BCUT2D eigenvalue weighted by molar-refractivity contribution is -0.384. The molecule has 0 bridgehead atoms. The summed E-state index contributed by atoms with van der Waals surface area (Å²) in [6.45, 7) is 1.80. The van der Waals surface area contributed by atoms with Crippen LogP contribution in [0.1, 0.15) is 34.6 Å². The van der Waals surface area contributed by atoms with Crippen molar-refractivity contribution in [3.63, 3.8) is 0 Å². The fourth-order valence-corrected chi connectivity index (χ4v) is 5.13. The van der Waals surface area contributed by atoms with Crippen molar-refractivity contribution in [1.82, 2.24) is 9.66 Å². The van der Waals surface area contributed by atoms with Crippen molar-refractivity contribution >= 4 is 33.5 Å². The molecule has 0 N–H and O–H groups in total. The number of nitro groups is 1. The Labute approximate surface area is 180 Å². The summed E-state index contributed by atoms with van der Waals surface area (Å²) in [4.78, 5) is 30.3. The van der Waals surface area contributed by atoms with Crippen LogP contribution in [0.2, 0.25) is 0 Å². The molecule has 0 atom stereocenters. The first-order chi connectivity index (χ1) is 15.0. The molecule has 3 aromatic heterocycles. The highest BCUT2D eigenvalue weighted by molar-refractivity contribution is 7.18. The lowest BCUT2D eigenvalue weighted by Gasteiger charge is -2.09. The van der Waals surface area contributed by atoms with E-state index in [0.29, 0.717) is 22.5 Å². The van der Waals surface area contributed by atoms with Gasteiger partial charge >= 0.3 is 0 Å². The van der Waals surface area contributed by atoms with E-state index in [4.69, 9.17) is 4.42 Å². The van der Waals surface area contributed by atoms with Crippen LogP contribution in [-0.4, -0.2) is 20.8 Å². The molecule has 1 aliphatic carbocycles. The van der Waals surface area contributed by atoms with E-state index in [1.54, 1.807) is 42.5 Å². The first kappa shape index (κ1) is 19.4. The molecule has 0 amide bonds. The van der Waals surface area contributed by atoms with Crippen molar-refractivity contribution in [2.24, 2.45) is 5.10 Å². The van der Waals surface area contributed by atoms with Gasteiger partial charge in [0.15, 0.2) is 0 Å². The van der Waals surface area contributed by atoms with E-state index in [9.17, 15) is 14.9 Å². The third-order valence-electron chi connectivity index (χ3n) is 5.41. The molecule has 31 heavy (non-hydrogen) atoms. The summed E-state index contributed by atoms with van der Waals surface area (Å²) in [5.41, 5.74) is 2.08. The number of benzene rings is 1. The van der Waals surface area contributed by atoms with E-state index in [1.807, 2.05) is 0 Å². The second-order valence-electron chi connectivity index (χ2n) is 7.51. The van der Waals surface area contributed by atoms with Crippen LogP contribution in [0.3, 0.4) is 0 Å². The fourth-order valence-electron chi connectivity index (χ4n) is 3.91. The number of rotatable bonds is 4. The lowest BCUT2D eigenvalue weighted by atomic mass is 9.97. The molecule has 0 saturated carbocycles. The van der Waals surface area contributed by atoms with Gasteiger partial charge in [0.25, 0.3) is 11.2 Å². The van der Waals surface area contributed by atoms with Crippen LogP contribution in [0.4, 0.5) is 5.69 Å². The summed E-state index contributed by atoms with van der Waals surface area (Å²) in [5, 5.41) is 16.3. The summed E-state index contributed by atoms with van der Waals surface area (Å²) < 4.78 is 6.95. The highest BCUT2D eigenvalue weighted by Gasteiger charge is 2.20. The molecule has 1 aliphatic rings. The monoisotopic (exact) mass is 434 g/mol. The molecule has 0 saturated heterocycles. The highest BCUT2D eigenvalue weighted by Crippen LogP contribution is 2.34. The first-order valence-corrected chi connectivity index (χ1v) is 10.7. The quantitative estimate of drug-likeness (QED) is 0.263. The molecule has 3 heterocycles. The Morgan fingerprint density at radius 3 is 2.94 bits per heavy atom. The van der Waals surface area contributed by atoms with Crippen LogP contribution in [-0.2, 0) is 12.8 Å². The number of hydrogen-bond acceptors (Lipinski definition) is 7. The predicted octanol–water partition coefficient (Wildman–Crippen LogP) is 4.70. The number of aryl methyl sites for hydroxylation is 3. The van der Waals surface area contributed by atoms with Gasteiger partial charge in [-0.15, -0.1) is 11.3 Å². The van der Waals surface area contributed by atoms with E-state index < -0.39 is 4.92 Å². The van der Waals surface area contributed by atoms with Gasteiger partial charge in [0.05, 0.1) is 22.1 Å². The Hall–Kier alpha value is -3.59. The van der Waals surface area contributed by atoms with Gasteiger partial charge in [-0.05, 0) is 61.9 Å². The van der Waals surface area contributed by atoms with Crippen LogP contribution >= 0.6 is 11.3 Å². The maximum atomic E-state index is 13.0. The molecule has 9 heteroatoms. The molecule has 4 aromatic rings. The van der Waals surface area contributed by atoms with E-state index in [1.165, 1.54) is 28.2 Å². The zero-order valence-corrected chi connectivity index (χ0v) is 17.5. The van der Waals surface area contributed by atoms with Gasteiger partial charge in [-0.3, -0.25) is 14.9 Å². The van der Waals surface area contributed by atoms with E-state index in [0.717, 1.165) is 41.6 Å². The number of hydrogen-bond donors (Lipinski definition) is 0. The van der Waals surface area contributed by atoms with Gasteiger partial charge in [0, 0.05) is 10.9 Å². The van der Waals surface area contributed by atoms with Crippen LogP contribution in [0.5, 0.6) is 0 Å². The van der Waals surface area contributed by atoms with Crippen molar-refractivity contribution in [2.45, 2.75) is 32.6 Å². The lowest BCUT2D eigenvalue weighted by Crippen LogP contribution is -2.17. The largest absolute Gasteiger partial charge is 0.455 e. The average molecular weight is 434 g/mol. The molecule has 0 fully saturated rings. The van der Waals surface area contributed by atoms with E-state index in [-0.39, 0.29) is 11.2 Å². The molecular weight excluding hydrogens is 416 g/mol.